The molecule has 3 aromatic carbocycles. The third kappa shape index (κ3) is 3.38. The van der Waals surface area contributed by atoms with Crippen LogP contribution in [0.5, 0.6) is 11.5 Å². The molecule has 7 nitrogen and oxygen atoms in total. The fraction of sp³-hybridized carbons (Fsp3) is 0.233. The molecule has 0 radical (unpaired) electrons. The number of rotatable bonds is 4. The predicted octanol–water partition coefficient (Wildman–Crippen LogP) is 4.06. The van der Waals surface area contributed by atoms with Gasteiger partial charge in [0.15, 0.2) is 28.6 Å². The molecule has 3 heterocycles. The van der Waals surface area contributed by atoms with Gasteiger partial charge in [0.2, 0.25) is 6.79 Å². The number of para-hydroxylation sites is 1. The number of hydrogen-bond acceptors (Lipinski definition) is 7. The smallest absolute Gasteiger partial charge is 0.231 e. The standard InChI is InChI=1S/C30H25N3O4/c34-28-22-6-2-3-7-23(22)29(35)30(28,27-12-10-21-5-1-4-8-24(21)31-27)33-15-13-32(14-16-33)18-20-9-11-25-26(17-20)37-19-36-25/h1-12,17H,13-16,18-19H2. The maximum absolute atomic E-state index is 14.1. The van der Waals surface area contributed by atoms with Crippen LogP contribution in [0, 0.1) is 0 Å². The molecular formula is C30H25N3O4. The van der Waals surface area contributed by atoms with Crippen molar-refractivity contribution in [1.82, 2.24) is 14.8 Å². The van der Waals surface area contributed by atoms with Crippen LogP contribution in [0.15, 0.2) is 78.9 Å². The largest absolute Gasteiger partial charge is 0.454 e. The van der Waals surface area contributed by atoms with Crippen molar-refractivity contribution in [3.63, 3.8) is 0 Å². The number of aromatic nitrogens is 1. The van der Waals surface area contributed by atoms with Crippen LogP contribution in [0.25, 0.3) is 10.9 Å². The summed E-state index contributed by atoms with van der Waals surface area (Å²) in [5.74, 6) is 1.19. The van der Waals surface area contributed by atoms with Gasteiger partial charge in [0.25, 0.3) is 0 Å². The van der Waals surface area contributed by atoms with Crippen molar-refractivity contribution in [3.8, 4) is 11.5 Å². The van der Waals surface area contributed by atoms with E-state index in [0.29, 0.717) is 29.9 Å². The molecule has 0 N–H and O–H groups in total. The topological polar surface area (TPSA) is 72.0 Å². The van der Waals surface area contributed by atoms with E-state index in [0.717, 1.165) is 47.6 Å². The van der Waals surface area contributed by atoms with Gasteiger partial charge in [0.1, 0.15) is 0 Å². The van der Waals surface area contributed by atoms with Crippen molar-refractivity contribution in [2.75, 3.05) is 33.0 Å². The maximum Gasteiger partial charge on any atom is 0.231 e. The van der Waals surface area contributed by atoms with Crippen LogP contribution in [-0.2, 0) is 12.1 Å². The molecule has 0 amide bonds. The van der Waals surface area contributed by atoms with Crippen LogP contribution in [0.3, 0.4) is 0 Å². The van der Waals surface area contributed by atoms with E-state index in [4.69, 9.17) is 14.5 Å². The molecule has 7 heteroatoms. The van der Waals surface area contributed by atoms with Crippen molar-refractivity contribution in [2.45, 2.75) is 12.1 Å². The van der Waals surface area contributed by atoms with E-state index in [9.17, 15) is 9.59 Å². The molecule has 1 aromatic heterocycles. The number of ether oxygens (including phenoxy) is 2. The van der Waals surface area contributed by atoms with Gasteiger partial charge in [-0.2, -0.15) is 0 Å². The van der Waals surface area contributed by atoms with Crippen LogP contribution < -0.4 is 9.47 Å². The Morgan fingerprint density at radius 2 is 1.46 bits per heavy atom. The second-order valence-electron chi connectivity index (χ2n) is 9.75. The lowest BCUT2D eigenvalue weighted by Gasteiger charge is -2.43. The number of carbonyl (C=O) groups excluding carboxylic acids is 2. The molecule has 0 unspecified atom stereocenters. The van der Waals surface area contributed by atoms with Gasteiger partial charge in [-0.15, -0.1) is 0 Å². The summed E-state index contributed by atoms with van der Waals surface area (Å²) in [4.78, 5) is 37.5. The Kier molecular flexibility index (Phi) is 5.09. The summed E-state index contributed by atoms with van der Waals surface area (Å²) in [6.07, 6.45) is 0. The van der Waals surface area contributed by atoms with Crippen molar-refractivity contribution >= 4 is 22.5 Å². The average molecular weight is 492 g/mol. The first-order chi connectivity index (χ1) is 18.1. The molecule has 0 atom stereocenters. The Hall–Kier alpha value is -4.07. The third-order valence-corrected chi connectivity index (χ3v) is 7.73. The van der Waals surface area contributed by atoms with E-state index in [2.05, 4.69) is 11.0 Å². The van der Waals surface area contributed by atoms with Crippen LogP contribution in [0.4, 0.5) is 0 Å². The fourth-order valence-corrected chi connectivity index (χ4v) is 5.86. The Bertz CT molecular complexity index is 1520. The zero-order valence-corrected chi connectivity index (χ0v) is 20.2. The number of fused-ring (bicyclic) bond motifs is 3. The van der Waals surface area contributed by atoms with Crippen molar-refractivity contribution < 1.29 is 19.1 Å². The lowest BCUT2D eigenvalue weighted by molar-refractivity contribution is 0.0267. The molecule has 1 saturated heterocycles. The quantitative estimate of drug-likeness (QED) is 0.399. The van der Waals surface area contributed by atoms with Crippen LogP contribution >= 0.6 is 0 Å². The molecule has 0 saturated carbocycles. The minimum atomic E-state index is -1.45. The third-order valence-electron chi connectivity index (χ3n) is 7.73. The molecule has 37 heavy (non-hydrogen) atoms. The Balaban J connectivity index is 1.22. The molecular weight excluding hydrogens is 466 g/mol. The van der Waals surface area contributed by atoms with Gasteiger partial charge in [-0.05, 0) is 29.8 Å². The number of nitrogens with zero attached hydrogens (tertiary/aromatic N) is 3. The summed E-state index contributed by atoms with van der Waals surface area (Å²) in [6.45, 7) is 3.61. The van der Waals surface area contributed by atoms with Crippen LogP contribution in [0.2, 0.25) is 0 Å². The van der Waals surface area contributed by atoms with Gasteiger partial charge in [-0.1, -0.05) is 54.6 Å². The highest BCUT2D eigenvalue weighted by molar-refractivity contribution is 6.32. The highest BCUT2D eigenvalue weighted by Crippen LogP contribution is 2.43. The number of benzene rings is 3. The number of piperazine rings is 1. The molecule has 3 aliphatic rings. The minimum absolute atomic E-state index is 0.180. The first-order valence-electron chi connectivity index (χ1n) is 12.6. The average Bonchev–Trinajstić information content (AvgIpc) is 3.50. The lowest BCUT2D eigenvalue weighted by atomic mass is 9.85. The molecule has 1 fully saturated rings. The van der Waals surface area contributed by atoms with Gasteiger partial charge >= 0.3 is 0 Å². The minimum Gasteiger partial charge on any atom is -0.454 e. The van der Waals surface area contributed by atoms with Crippen molar-refractivity contribution in [2.24, 2.45) is 0 Å². The number of pyridine rings is 1. The van der Waals surface area contributed by atoms with Gasteiger partial charge < -0.3 is 9.47 Å². The molecule has 4 aromatic rings. The summed E-state index contributed by atoms with van der Waals surface area (Å²) < 4.78 is 11.0. The highest BCUT2D eigenvalue weighted by atomic mass is 16.7. The summed E-state index contributed by atoms with van der Waals surface area (Å²) >= 11 is 0. The maximum atomic E-state index is 14.1. The van der Waals surface area contributed by atoms with Crippen molar-refractivity contribution in [1.29, 1.82) is 0 Å². The Labute approximate surface area is 214 Å². The van der Waals surface area contributed by atoms with E-state index in [1.165, 1.54) is 0 Å². The normalized spacial score (nSPS) is 18.9. The van der Waals surface area contributed by atoms with E-state index >= 15 is 0 Å². The first kappa shape index (κ1) is 22.2. The van der Waals surface area contributed by atoms with E-state index in [1.54, 1.807) is 12.1 Å². The second-order valence-corrected chi connectivity index (χ2v) is 9.75. The van der Waals surface area contributed by atoms with E-state index in [-0.39, 0.29) is 18.4 Å². The first-order valence-corrected chi connectivity index (χ1v) is 12.6. The fourth-order valence-electron chi connectivity index (χ4n) is 5.86. The molecule has 184 valence electrons. The molecule has 0 bridgehead atoms. The highest BCUT2D eigenvalue weighted by Gasteiger charge is 2.59. The zero-order chi connectivity index (χ0) is 25.0. The summed E-state index contributed by atoms with van der Waals surface area (Å²) in [5.41, 5.74) is 1.93. The molecule has 1 aliphatic carbocycles. The second kappa shape index (κ2) is 8.50. The number of carbonyl (C=O) groups is 2. The predicted molar refractivity (Wildman–Crippen MR) is 138 cm³/mol. The number of Topliss-reactive ketones (excluding diaryl/α,β-unsaturated/α-hetero) is 2. The zero-order valence-electron chi connectivity index (χ0n) is 20.2. The van der Waals surface area contributed by atoms with E-state index < -0.39 is 5.54 Å². The van der Waals surface area contributed by atoms with Gasteiger partial charge in [-0.3, -0.25) is 19.4 Å². The SMILES string of the molecule is O=C1c2ccccc2C(=O)C1(c1ccc2ccccc2n1)N1CCN(Cc2ccc3c(c2)OCO3)CC1. The summed E-state index contributed by atoms with van der Waals surface area (Å²) in [6, 6.07) is 24.8. The molecule has 7 rings (SSSR count). The van der Waals surface area contributed by atoms with Gasteiger partial charge in [0.05, 0.1) is 11.2 Å². The number of ketones is 2. The Morgan fingerprint density at radius 1 is 0.757 bits per heavy atom. The Morgan fingerprint density at radius 3 is 2.24 bits per heavy atom. The van der Waals surface area contributed by atoms with Gasteiger partial charge in [-0.25, -0.2) is 4.98 Å². The summed E-state index contributed by atoms with van der Waals surface area (Å²) in [7, 11) is 0. The van der Waals surface area contributed by atoms with E-state index in [1.807, 2.05) is 65.6 Å². The molecule has 2 aliphatic heterocycles. The lowest BCUT2D eigenvalue weighted by Crippen LogP contribution is -2.60. The van der Waals surface area contributed by atoms with Crippen LogP contribution in [0.1, 0.15) is 32.0 Å². The summed E-state index contributed by atoms with van der Waals surface area (Å²) in [5, 5.41) is 0.977. The van der Waals surface area contributed by atoms with Crippen LogP contribution in [-0.4, -0.2) is 59.3 Å². The molecule has 0 spiro atoms. The number of hydrogen-bond donors (Lipinski definition) is 0. The van der Waals surface area contributed by atoms with Crippen molar-refractivity contribution in [3.05, 3.63) is 101 Å². The van der Waals surface area contributed by atoms with Gasteiger partial charge in [0, 0.05) is 49.2 Å². The monoisotopic (exact) mass is 491 g/mol.